The molecule has 2 aromatic carbocycles. The molecule has 0 heterocycles. The summed E-state index contributed by atoms with van der Waals surface area (Å²) in [4.78, 5) is 11.3. The number of halogens is 3. The number of benzene rings is 2. The minimum Gasteiger partial charge on any atom is -0.450 e. The number of rotatable bonds is 4. The van der Waals surface area contributed by atoms with Crippen LogP contribution in [0.2, 0.25) is 0 Å². The zero-order chi connectivity index (χ0) is 18.2. The number of hydrogen-bond acceptors (Lipinski definition) is 3. The predicted molar refractivity (Wildman–Crippen MR) is 89.5 cm³/mol. The Bertz CT molecular complexity index is 537. The van der Waals surface area contributed by atoms with Gasteiger partial charge in [0.05, 0.1) is 6.61 Å². The second kappa shape index (κ2) is 14.4. The molecule has 1 N–H and O–H groups in total. The van der Waals surface area contributed by atoms with Crippen molar-refractivity contribution in [2.24, 2.45) is 0 Å². The quantitative estimate of drug-likeness (QED) is 0.577. The maximum absolute atomic E-state index is 9.97. The molecule has 0 aliphatic carbocycles. The van der Waals surface area contributed by atoms with Crippen molar-refractivity contribution in [3.8, 4) is 0 Å². The zero-order valence-electron chi connectivity index (χ0n) is 13.1. The lowest BCUT2D eigenvalue weighted by Crippen LogP contribution is -2.03. The smallest absolute Gasteiger partial charge is 0.450 e. The Hall–Kier alpha value is -2.15. The third-order valence-electron chi connectivity index (χ3n) is 2.44. The topological polar surface area (TPSA) is 46.5 Å². The molecule has 0 saturated heterocycles. The first-order chi connectivity index (χ1) is 11.5. The fourth-order valence-corrected chi connectivity index (χ4v) is 1.89. The molecule has 0 spiro atoms. The molecule has 7 heteroatoms. The molecule has 24 heavy (non-hydrogen) atoms. The highest BCUT2D eigenvalue weighted by molar-refractivity contribution is 7.98. The monoisotopic (exact) mass is 360 g/mol. The van der Waals surface area contributed by atoms with E-state index in [1.165, 1.54) is 4.90 Å². The second-order valence-electron chi connectivity index (χ2n) is 4.11. The van der Waals surface area contributed by atoms with Gasteiger partial charge in [0, 0.05) is 11.3 Å². The molecule has 0 aliphatic heterocycles. The summed E-state index contributed by atoms with van der Waals surface area (Å²) in [5, 5.41) is 8.17. The number of carbonyl (C=O) groups is 1. The Labute approximate surface area is 143 Å². The Balaban J connectivity index is 0.000000379. The summed E-state index contributed by atoms with van der Waals surface area (Å²) in [5.41, 5.74) is 1.08. The van der Waals surface area contributed by atoms with E-state index < -0.39 is 12.8 Å². The molecule has 0 atom stereocenters. The van der Waals surface area contributed by atoms with E-state index in [1.54, 1.807) is 11.8 Å². The highest BCUT2D eigenvalue weighted by Crippen LogP contribution is 2.11. The van der Waals surface area contributed by atoms with Crippen LogP contribution in [0.5, 0.6) is 0 Å². The van der Waals surface area contributed by atoms with Crippen molar-refractivity contribution in [1.29, 1.82) is 0 Å². The Kier molecular flexibility index (Phi) is 13.1. The number of thioether (sulfide) groups is 1. The van der Waals surface area contributed by atoms with Gasteiger partial charge in [-0.1, -0.05) is 48.5 Å². The van der Waals surface area contributed by atoms with Crippen LogP contribution in [0.15, 0.2) is 65.6 Å². The lowest BCUT2D eigenvalue weighted by molar-refractivity contribution is 0.00818. The van der Waals surface area contributed by atoms with Gasteiger partial charge in [0.15, 0.2) is 0 Å². The molecular formula is C17H19F3O3S. The van der Waals surface area contributed by atoms with Crippen molar-refractivity contribution in [1.82, 2.24) is 0 Å². The Morgan fingerprint density at radius 3 is 1.88 bits per heavy atom. The molecule has 132 valence electrons. The van der Waals surface area contributed by atoms with Crippen LogP contribution in [-0.4, -0.2) is 30.8 Å². The molecule has 0 amide bonds. The average Bonchev–Trinajstić information content (AvgIpc) is 2.56. The molecule has 0 aromatic heterocycles. The zero-order valence-corrected chi connectivity index (χ0v) is 13.9. The van der Waals surface area contributed by atoms with Crippen LogP contribution in [0.4, 0.5) is 18.0 Å². The minimum absolute atomic E-state index is 0.222. The van der Waals surface area contributed by atoms with E-state index in [2.05, 4.69) is 23.1 Å². The molecule has 3 nitrogen and oxygen atoms in total. The van der Waals surface area contributed by atoms with Gasteiger partial charge >= 0.3 is 12.8 Å². The van der Waals surface area contributed by atoms with Crippen LogP contribution >= 0.6 is 11.8 Å². The van der Waals surface area contributed by atoms with Gasteiger partial charge in [-0.3, -0.25) is 0 Å². The van der Waals surface area contributed by atoms with E-state index in [-0.39, 0.29) is 6.61 Å². The third kappa shape index (κ3) is 14.8. The van der Waals surface area contributed by atoms with E-state index in [4.69, 9.17) is 5.11 Å². The highest BCUT2D eigenvalue weighted by Gasteiger charge is 1.96. The number of hydrogen-bond donors (Lipinski definition) is 1. The van der Waals surface area contributed by atoms with Crippen molar-refractivity contribution in [2.45, 2.75) is 18.0 Å². The number of alkyl halides is 3. The first kappa shape index (κ1) is 21.9. The molecule has 0 bridgehead atoms. The molecule has 0 fully saturated rings. The van der Waals surface area contributed by atoms with Gasteiger partial charge in [0.1, 0.15) is 0 Å². The summed E-state index contributed by atoms with van der Waals surface area (Å²) >= 11 is 1.77. The largest absolute Gasteiger partial charge is 0.505 e. The Morgan fingerprint density at radius 1 is 1.04 bits per heavy atom. The van der Waals surface area contributed by atoms with Gasteiger partial charge in [-0.15, -0.1) is 11.8 Å². The van der Waals surface area contributed by atoms with Crippen LogP contribution in [0.1, 0.15) is 5.56 Å². The molecular weight excluding hydrogens is 341 g/mol. The van der Waals surface area contributed by atoms with Gasteiger partial charge in [-0.05, 0) is 24.0 Å². The summed E-state index contributed by atoms with van der Waals surface area (Å²) in [6.07, 6.45) is 1.49. The molecule has 2 aromatic rings. The van der Waals surface area contributed by atoms with E-state index in [9.17, 15) is 18.0 Å². The lowest BCUT2D eigenvalue weighted by atomic mass is 10.2. The maximum atomic E-state index is 9.97. The summed E-state index contributed by atoms with van der Waals surface area (Å²) < 4.78 is 33.4. The van der Waals surface area contributed by atoms with Crippen LogP contribution in [0.3, 0.4) is 0 Å². The lowest BCUT2D eigenvalue weighted by Gasteiger charge is -1.99. The molecule has 0 radical (unpaired) electrons. The molecule has 0 unspecified atom stereocenters. The fourth-order valence-electron chi connectivity index (χ4n) is 1.46. The van der Waals surface area contributed by atoms with Crippen LogP contribution in [-0.2, 0) is 11.2 Å². The SMILES string of the molecule is CSc1ccccc1.FC(F)F.O=C(O)OCCc1ccccc1. The van der Waals surface area contributed by atoms with Gasteiger partial charge in [0.25, 0.3) is 0 Å². The van der Waals surface area contributed by atoms with Crippen LogP contribution in [0, 0.1) is 0 Å². The van der Waals surface area contributed by atoms with Gasteiger partial charge in [-0.25, -0.2) is 4.79 Å². The molecule has 0 aliphatic rings. The van der Waals surface area contributed by atoms with Crippen molar-refractivity contribution >= 4 is 17.9 Å². The first-order valence-electron chi connectivity index (χ1n) is 6.86. The summed E-state index contributed by atoms with van der Waals surface area (Å²) in [7, 11) is 0. The summed E-state index contributed by atoms with van der Waals surface area (Å²) in [6.45, 7) is -3.45. The van der Waals surface area contributed by atoms with E-state index >= 15 is 0 Å². The maximum Gasteiger partial charge on any atom is 0.505 e. The number of carboxylic acid groups (broad SMARTS) is 1. The second-order valence-corrected chi connectivity index (χ2v) is 4.99. The highest BCUT2D eigenvalue weighted by atomic mass is 32.2. The molecule has 2 rings (SSSR count). The fraction of sp³-hybridized carbons (Fsp3) is 0.235. The van der Waals surface area contributed by atoms with Crippen LogP contribution < -0.4 is 0 Å². The number of ether oxygens (including phenoxy) is 1. The Morgan fingerprint density at radius 2 is 1.50 bits per heavy atom. The first-order valence-corrected chi connectivity index (χ1v) is 8.09. The van der Waals surface area contributed by atoms with E-state index in [0.717, 1.165) is 5.56 Å². The summed E-state index contributed by atoms with van der Waals surface area (Å²) in [6, 6.07) is 19.9. The van der Waals surface area contributed by atoms with Crippen molar-refractivity contribution in [2.75, 3.05) is 12.9 Å². The van der Waals surface area contributed by atoms with Gasteiger partial charge < -0.3 is 9.84 Å². The van der Waals surface area contributed by atoms with Crippen molar-refractivity contribution < 1.29 is 27.8 Å². The minimum atomic E-state index is -3.67. The molecule has 0 saturated carbocycles. The van der Waals surface area contributed by atoms with Gasteiger partial charge in [-0.2, -0.15) is 13.2 Å². The van der Waals surface area contributed by atoms with Crippen LogP contribution in [0.25, 0.3) is 0 Å². The van der Waals surface area contributed by atoms with Gasteiger partial charge in [0.2, 0.25) is 0 Å². The van der Waals surface area contributed by atoms with E-state index in [0.29, 0.717) is 6.42 Å². The van der Waals surface area contributed by atoms with Crippen molar-refractivity contribution in [3.05, 3.63) is 66.2 Å². The van der Waals surface area contributed by atoms with E-state index in [1.807, 2.05) is 48.5 Å². The average molecular weight is 360 g/mol. The van der Waals surface area contributed by atoms with Crippen molar-refractivity contribution in [3.63, 3.8) is 0 Å². The normalized spacial score (nSPS) is 9.21. The summed E-state index contributed by atoms with van der Waals surface area (Å²) in [5.74, 6) is 0. The standard InChI is InChI=1S/C9H10O3.C7H8S.CHF3/c10-9(11)12-7-6-8-4-2-1-3-5-8;1-8-7-5-3-2-4-6-7;2-1(3)4/h1-5H,6-7H2,(H,10,11);2-6H,1H3;1H. The predicted octanol–water partition coefficient (Wildman–Crippen LogP) is 5.51. The third-order valence-corrected chi connectivity index (χ3v) is 3.18.